The van der Waals surface area contributed by atoms with Crippen LogP contribution < -0.4 is 0 Å². The van der Waals surface area contributed by atoms with Crippen LogP contribution in [0.5, 0.6) is 0 Å². The van der Waals surface area contributed by atoms with E-state index in [4.69, 9.17) is 18.8 Å². The predicted molar refractivity (Wildman–Crippen MR) is 79.4 cm³/mol. The van der Waals surface area contributed by atoms with Gasteiger partial charge in [0.15, 0.2) is 5.79 Å². The third kappa shape index (κ3) is 3.11. The Morgan fingerprint density at radius 3 is 1.95 bits per heavy atom. The Bertz CT molecular complexity index is 367. The van der Waals surface area contributed by atoms with Crippen molar-refractivity contribution in [3.05, 3.63) is 11.5 Å². The lowest BCUT2D eigenvalue weighted by atomic mass is 9.75. The first-order chi connectivity index (χ1) is 9.19. The second-order valence-electron chi connectivity index (χ2n) is 6.78. The fourth-order valence-electron chi connectivity index (χ4n) is 2.47. The number of rotatable bonds is 4. The lowest BCUT2D eigenvalue weighted by Crippen LogP contribution is -2.41. The molecule has 0 bridgehead atoms. The van der Waals surface area contributed by atoms with Crippen LogP contribution in [0.4, 0.5) is 0 Å². The van der Waals surface area contributed by atoms with E-state index in [9.17, 15) is 0 Å². The predicted octanol–water partition coefficient (Wildman–Crippen LogP) is 3.11. The van der Waals surface area contributed by atoms with Gasteiger partial charge in [-0.1, -0.05) is 6.08 Å². The molecule has 5 heteroatoms. The molecular formula is C15H27BO4. The summed E-state index contributed by atoms with van der Waals surface area (Å²) in [5, 5.41) is 0. The lowest BCUT2D eigenvalue weighted by Gasteiger charge is -2.32. The van der Waals surface area contributed by atoms with Gasteiger partial charge in [-0.05, 0) is 53.4 Å². The van der Waals surface area contributed by atoms with Crippen molar-refractivity contribution >= 4 is 7.12 Å². The Hall–Kier alpha value is -0.355. The Morgan fingerprint density at radius 1 is 1.00 bits per heavy atom. The molecule has 0 saturated carbocycles. The Kier molecular flexibility index (Phi) is 4.36. The topological polar surface area (TPSA) is 36.9 Å². The second-order valence-corrected chi connectivity index (χ2v) is 6.78. The van der Waals surface area contributed by atoms with E-state index in [-0.39, 0.29) is 18.3 Å². The molecule has 0 N–H and O–H groups in total. The summed E-state index contributed by atoms with van der Waals surface area (Å²) < 4.78 is 23.5. The molecule has 4 nitrogen and oxygen atoms in total. The van der Waals surface area contributed by atoms with Gasteiger partial charge in [-0.25, -0.2) is 0 Å². The average molecular weight is 282 g/mol. The molecular weight excluding hydrogens is 255 g/mol. The van der Waals surface area contributed by atoms with E-state index in [0.29, 0.717) is 13.2 Å². The van der Waals surface area contributed by atoms with Gasteiger partial charge in [0.1, 0.15) is 0 Å². The maximum Gasteiger partial charge on any atom is 0.490 e. The fraction of sp³-hybridized carbons (Fsp3) is 0.867. The molecule has 2 aliphatic rings. The molecule has 0 spiro atoms. The Morgan fingerprint density at radius 2 is 1.50 bits per heavy atom. The second kappa shape index (κ2) is 5.45. The molecule has 114 valence electrons. The lowest BCUT2D eigenvalue weighted by molar-refractivity contribution is -0.145. The molecule has 0 aromatic heterocycles. The third-order valence-electron chi connectivity index (χ3n) is 4.69. The van der Waals surface area contributed by atoms with Crippen molar-refractivity contribution in [2.75, 3.05) is 13.2 Å². The molecule has 2 fully saturated rings. The molecule has 0 aromatic carbocycles. The molecule has 2 rings (SSSR count). The normalized spacial score (nSPS) is 28.1. The van der Waals surface area contributed by atoms with Crippen LogP contribution in [0.15, 0.2) is 11.5 Å². The largest absolute Gasteiger partial charge is 0.490 e. The van der Waals surface area contributed by atoms with Gasteiger partial charge in [0.05, 0.1) is 24.4 Å². The van der Waals surface area contributed by atoms with Crippen LogP contribution in [-0.2, 0) is 18.8 Å². The molecule has 2 saturated heterocycles. The smallest absolute Gasteiger partial charge is 0.400 e. The van der Waals surface area contributed by atoms with Crippen molar-refractivity contribution in [2.24, 2.45) is 0 Å². The molecule has 0 unspecified atom stereocenters. The summed E-state index contributed by atoms with van der Waals surface area (Å²) in [4.78, 5) is 0. The first-order valence-electron chi connectivity index (χ1n) is 7.48. The van der Waals surface area contributed by atoms with Crippen molar-refractivity contribution in [1.29, 1.82) is 0 Å². The highest BCUT2D eigenvalue weighted by Crippen LogP contribution is 2.39. The highest BCUT2D eigenvalue weighted by Gasteiger charge is 2.52. The van der Waals surface area contributed by atoms with Crippen LogP contribution in [0.25, 0.3) is 0 Å². The molecule has 2 heterocycles. The molecule has 2 aliphatic heterocycles. The highest BCUT2D eigenvalue weighted by molar-refractivity contribution is 6.54. The van der Waals surface area contributed by atoms with E-state index in [1.807, 2.05) is 13.8 Å². The van der Waals surface area contributed by atoms with Crippen LogP contribution in [0, 0.1) is 0 Å². The van der Waals surface area contributed by atoms with Gasteiger partial charge in [-0.2, -0.15) is 0 Å². The quantitative estimate of drug-likeness (QED) is 0.742. The summed E-state index contributed by atoms with van der Waals surface area (Å²) in [5.74, 6) is -0.460. The summed E-state index contributed by atoms with van der Waals surface area (Å²) in [6.45, 7) is 13.7. The molecule has 0 radical (unpaired) electrons. The van der Waals surface area contributed by atoms with E-state index in [2.05, 4.69) is 33.8 Å². The number of hydrogen-bond donors (Lipinski definition) is 0. The molecule has 0 atom stereocenters. The van der Waals surface area contributed by atoms with E-state index in [1.165, 1.54) is 0 Å². The van der Waals surface area contributed by atoms with Crippen molar-refractivity contribution in [3.8, 4) is 0 Å². The maximum atomic E-state index is 6.09. The summed E-state index contributed by atoms with van der Waals surface area (Å²) in [7, 11) is -0.269. The minimum absolute atomic E-state index is 0.269. The minimum atomic E-state index is -0.460. The maximum absolute atomic E-state index is 6.09. The van der Waals surface area contributed by atoms with Crippen LogP contribution in [0.1, 0.15) is 54.4 Å². The Balaban J connectivity index is 1.97. The van der Waals surface area contributed by atoms with E-state index < -0.39 is 5.79 Å². The van der Waals surface area contributed by atoms with Crippen molar-refractivity contribution < 1.29 is 18.8 Å². The van der Waals surface area contributed by atoms with Crippen molar-refractivity contribution in [2.45, 2.75) is 71.4 Å². The number of allylic oxidation sites excluding steroid dienone is 2. The number of hydrogen-bond acceptors (Lipinski definition) is 4. The summed E-state index contributed by atoms with van der Waals surface area (Å²) >= 11 is 0. The number of ether oxygens (including phenoxy) is 2. The van der Waals surface area contributed by atoms with Crippen molar-refractivity contribution in [1.82, 2.24) is 0 Å². The van der Waals surface area contributed by atoms with E-state index >= 15 is 0 Å². The first-order valence-corrected chi connectivity index (χ1v) is 7.48. The first kappa shape index (κ1) is 16.0. The summed E-state index contributed by atoms with van der Waals surface area (Å²) in [6.07, 6.45) is 3.75. The zero-order valence-corrected chi connectivity index (χ0v) is 13.6. The minimum Gasteiger partial charge on any atom is -0.400 e. The van der Waals surface area contributed by atoms with Gasteiger partial charge in [-0.15, -0.1) is 0 Å². The van der Waals surface area contributed by atoms with Crippen LogP contribution in [0.2, 0.25) is 0 Å². The van der Waals surface area contributed by atoms with Crippen molar-refractivity contribution in [3.63, 3.8) is 0 Å². The SMILES string of the molecule is CC=C(CCC1(C)OCCO1)B1OC(C)(C)C(C)(C)O1. The van der Waals surface area contributed by atoms with Gasteiger partial charge < -0.3 is 18.8 Å². The van der Waals surface area contributed by atoms with E-state index in [1.54, 1.807) is 0 Å². The summed E-state index contributed by atoms with van der Waals surface area (Å²) in [5.41, 5.74) is 0.566. The third-order valence-corrected chi connectivity index (χ3v) is 4.69. The Labute approximate surface area is 122 Å². The highest BCUT2D eigenvalue weighted by atomic mass is 16.7. The monoisotopic (exact) mass is 282 g/mol. The molecule has 20 heavy (non-hydrogen) atoms. The molecule has 0 aliphatic carbocycles. The fourth-order valence-corrected chi connectivity index (χ4v) is 2.47. The van der Waals surface area contributed by atoms with Gasteiger partial charge in [-0.3, -0.25) is 0 Å². The van der Waals surface area contributed by atoms with Gasteiger partial charge in [0.25, 0.3) is 0 Å². The average Bonchev–Trinajstić information content (AvgIpc) is 2.83. The molecule has 0 amide bonds. The molecule has 0 aromatic rings. The van der Waals surface area contributed by atoms with Crippen LogP contribution in [0.3, 0.4) is 0 Å². The van der Waals surface area contributed by atoms with Crippen LogP contribution >= 0.6 is 0 Å². The van der Waals surface area contributed by atoms with Gasteiger partial charge in [0.2, 0.25) is 0 Å². The zero-order valence-electron chi connectivity index (χ0n) is 13.6. The van der Waals surface area contributed by atoms with E-state index in [0.717, 1.165) is 18.3 Å². The summed E-state index contributed by atoms with van der Waals surface area (Å²) in [6, 6.07) is 0. The van der Waals surface area contributed by atoms with Crippen LogP contribution in [-0.4, -0.2) is 37.3 Å². The standard InChI is InChI=1S/C15H27BO4/c1-7-12(8-9-15(6)17-10-11-18-15)16-19-13(2,3)14(4,5)20-16/h7H,8-11H2,1-6H3. The van der Waals surface area contributed by atoms with Gasteiger partial charge >= 0.3 is 7.12 Å². The van der Waals surface area contributed by atoms with Gasteiger partial charge in [0, 0.05) is 6.42 Å². The zero-order chi connectivity index (χ0) is 15.0.